The molecule has 2 atom stereocenters. The summed E-state index contributed by atoms with van der Waals surface area (Å²) < 4.78 is 16.6. The SMILES string of the molecule is CCCCC(CC)COC(C)COCCOC(=O)C(C)(C)CC. The number of hydrogen-bond donors (Lipinski definition) is 0. The minimum atomic E-state index is -0.413. The van der Waals surface area contributed by atoms with Crippen LogP contribution in [0.25, 0.3) is 0 Å². The predicted molar refractivity (Wildman–Crippen MR) is 94.6 cm³/mol. The fourth-order valence-corrected chi connectivity index (χ4v) is 2.03. The van der Waals surface area contributed by atoms with Crippen LogP contribution in [0, 0.1) is 11.3 Å². The van der Waals surface area contributed by atoms with E-state index in [1.807, 2.05) is 27.7 Å². The average Bonchev–Trinajstić information content (AvgIpc) is 2.54. The summed E-state index contributed by atoms with van der Waals surface area (Å²) in [7, 11) is 0. The second-order valence-corrected chi connectivity index (χ2v) is 7.01. The molecule has 23 heavy (non-hydrogen) atoms. The maximum Gasteiger partial charge on any atom is 0.311 e. The third-order valence-corrected chi connectivity index (χ3v) is 4.41. The molecule has 0 spiro atoms. The number of unbranched alkanes of at least 4 members (excludes halogenated alkanes) is 1. The topological polar surface area (TPSA) is 44.8 Å². The smallest absolute Gasteiger partial charge is 0.311 e. The van der Waals surface area contributed by atoms with Gasteiger partial charge >= 0.3 is 5.97 Å². The molecule has 0 aromatic carbocycles. The maximum absolute atomic E-state index is 11.8. The second-order valence-electron chi connectivity index (χ2n) is 7.01. The van der Waals surface area contributed by atoms with Gasteiger partial charge in [0.1, 0.15) is 6.61 Å². The van der Waals surface area contributed by atoms with Crippen molar-refractivity contribution < 1.29 is 19.0 Å². The Balaban J connectivity index is 3.70. The number of carbonyl (C=O) groups excluding carboxylic acids is 1. The van der Waals surface area contributed by atoms with E-state index in [2.05, 4.69) is 13.8 Å². The highest BCUT2D eigenvalue weighted by Crippen LogP contribution is 2.21. The maximum atomic E-state index is 11.8. The van der Waals surface area contributed by atoms with Gasteiger partial charge in [0.05, 0.1) is 24.7 Å². The first-order valence-electron chi connectivity index (χ1n) is 9.23. The average molecular weight is 331 g/mol. The Morgan fingerprint density at radius 1 is 1.09 bits per heavy atom. The molecule has 0 aliphatic heterocycles. The van der Waals surface area contributed by atoms with E-state index in [0.29, 0.717) is 25.7 Å². The Kier molecular flexibility index (Phi) is 12.4. The quantitative estimate of drug-likeness (QED) is 0.345. The molecule has 138 valence electrons. The van der Waals surface area contributed by atoms with Gasteiger partial charge in [0.2, 0.25) is 0 Å². The van der Waals surface area contributed by atoms with Crippen molar-refractivity contribution in [3.05, 3.63) is 0 Å². The lowest BCUT2D eigenvalue weighted by Crippen LogP contribution is -2.27. The molecule has 0 amide bonds. The van der Waals surface area contributed by atoms with Gasteiger partial charge in [-0.3, -0.25) is 4.79 Å². The monoisotopic (exact) mass is 330 g/mol. The molecule has 4 heteroatoms. The highest BCUT2D eigenvalue weighted by molar-refractivity contribution is 5.75. The van der Waals surface area contributed by atoms with Crippen LogP contribution >= 0.6 is 0 Å². The van der Waals surface area contributed by atoms with Crippen LogP contribution in [-0.2, 0) is 19.0 Å². The van der Waals surface area contributed by atoms with Crippen LogP contribution in [0.4, 0.5) is 0 Å². The highest BCUT2D eigenvalue weighted by atomic mass is 16.6. The number of ether oxygens (including phenoxy) is 3. The summed E-state index contributed by atoms with van der Waals surface area (Å²) in [6.45, 7) is 14.3. The van der Waals surface area contributed by atoms with Gasteiger partial charge in [-0.05, 0) is 39.5 Å². The Bertz CT molecular complexity index is 302. The zero-order valence-corrected chi connectivity index (χ0v) is 16.2. The first-order valence-corrected chi connectivity index (χ1v) is 9.23. The minimum Gasteiger partial charge on any atom is -0.463 e. The Morgan fingerprint density at radius 3 is 2.35 bits per heavy atom. The third-order valence-electron chi connectivity index (χ3n) is 4.41. The lowest BCUT2D eigenvalue weighted by Gasteiger charge is -2.21. The van der Waals surface area contributed by atoms with Gasteiger partial charge in [-0.25, -0.2) is 0 Å². The normalized spacial score (nSPS) is 14.5. The summed E-state index contributed by atoms with van der Waals surface area (Å²) in [5.74, 6) is 0.490. The third kappa shape index (κ3) is 10.7. The van der Waals surface area contributed by atoms with Crippen molar-refractivity contribution in [1.29, 1.82) is 0 Å². The van der Waals surface area contributed by atoms with Gasteiger partial charge in [-0.1, -0.05) is 40.0 Å². The molecule has 0 fully saturated rings. The molecular formula is C19H38O4. The lowest BCUT2D eigenvalue weighted by molar-refractivity contribution is -0.156. The van der Waals surface area contributed by atoms with E-state index < -0.39 is 5.41 Å². The van der Waals surface area contributed by atoms with Crippen LogP contribution in [0.3, 0.4) is 0 Å². The number of carbonyl (C=O) groups is 1. The summed E-state index contributed by atoms with van der Waals surface area (Å²) in [5.41, 5.74) is -0.413. The first kappa shape index (κ1) is 22.4. The van der Waals surface area contributed by atoms with Crippen LogP contribution < -0.4 is 0 Å². The van der Waals surface area contributed by atoms with Gasteiger partial charge in [0, 0.05) is 6.61 Å². The van der Waals surface area contributed by atoms with Crippen molar-refractivity contribution in [3.8, 4) is 0 Å². The van der Waals surface area contributed by atoms with Crippen LogP contribution in [-0.4, -0.2) is 38.5 Å². The summed E-state index contributed by atoms with van der Waals surface area (Å²) in [5, 5.41) is 0. The number of rotatable bonds is 14. The molecule has 0 bridgehead atoms. The standard InChI is InChI=1S/C19H38O4/c1-7-10-11-17(8-2)15-23-16(4)14-21-12-13-22-18(20)19(5,6)9-3/h16-17H,7-15H2,1-6H3. The zero-order valence-electron chi connectivity index (χ0n) is 16.2. The Morgan fingerprint density at radius 2 is 1.78 bits per heavy atom. The fraction of sp³-hybridized carbons (Fsp3) is 0.947. The van der Waals surface area contributed by atoms with Crippen molar-refractivity contribution in [2.24, 2.45) is 11.3 Å². The van der Waals surface area contributed by atoms with Gasteiger partial charge in [-0.15, -0.1) is 0 Å². The molecule has 0 aromatic heterocycles. The van der Waals surface area contributed by atoms with Crippen molar-refractivity contribution in [2.75, 3.05) is 26.4 Å². The molecular weight excluding hydrogens is 292 g/mol. The van der Waals surface area contributed by atoms with Crippen LogP contribution in [0.1, 0.15) is 73.6 Å². The van der Waals surface area contributed by atoms with E-state index in [9.17, 15) is 4.79 Å². The van der Waals surface area contributed by atoms with E-state index in [1.165, 1.54) is 19.3 Å². The van der Waals surface area contributed by atoms with E-state index in [-0.39, 0.29) is 12.1 Å². The van der Waals surface area contributed by atoms with Crippen LogP contribution in [0.2, 0.25) is 0 Å². The minimum absolute atomic E-state index is 0.0773. The number of hydrogen-bond acceptors (Lipinski definition) is 4. The molecule has 0 saturated heterocycles. The molecule has 0 N–H and O–H groups in total. The molecule has 2 unspecified atom stereocenters. The van der Waals surface area contributed by atoms with E-state index >= 15 is 0 Å². The molecule has 0 rings (SSSR count). The molecule has 4 nitrogen and oxygen atoms in total. The van der Waals surface area contributed by atoms with Gasteiger partial charge < -0.3 is 14.2 Å². The van der Waals surface area contributed by atoms with Crippen molar-refractivity contribution in [2.45, 2.75) is 79.8 Å². The Labute approximate surface area is 143 Å². The largest absolute Gasteiger partial charge is 0.463 e. The molecule has 0 aliphatic rings. The summed E-state index contributed by atoms with van der Waals surface area (Å²) in [6, 6.07) is 0. The van der Waals surface area contributed by atoms with Gasteiger partial charge in [0.25, 0.3) is 0 Å². The first-order chi connectivity index (χ1) is 10.9. The second kappa shape index (κ2) is 12.8. The van der Waals surface area contributed by atoms with E-state index in [0.717, 1.165) is 19.4 Å². The van der Waals surface area contributed by atoms with Crippen molar-refractivity contribution in [1.82, 2.24) is 0 Å². The van der Waals surface area contributed by atoms with Crippen molar-refractivity contribution >= 4 is 5.97 Å². The fourth-order valence-electron chi connectivity index (χ4n) is 2.03. The predicted octanol–water partition coefficient (Wildman–Crippen LogP) is 4.60. The zero-order chi connectivity index (χ0) is 17.7. The molecule has 0 radical (unpaired) electrons. The summed E-state index contributed by atoms with van der Waals surface area (Å²) in [6.07, 6.45) is 5.76. The highest BCUT2D eigenvalue weighted by Gasteiger charge is 2.26. The van der Waals surface area contributed by atoms with Crippen LogP contribution in [0.5, 0.6) is 0 Å². The molecule has 0 aliphatic carbocycles. The van der Waals surface area contributed by atoms with E-state index in [1.54, 1.807) is 0 Å². The van der Waals surface area contributed by atoms with Crippen molar-refractivity contribution in [3.63, 3.8) is 0 Å². The Hall–Kier alpha value is -0.610. The molecule has 0 saturated carbocycles. The number of esters is 1. The van der Waals surface area contributed by atoms with E-state index in [4.69, 9.17) is 14.2 Å². The molecule has 0 aromatic rings. The summed E-state index contributed by atoms with van der Waals surface area (Å²) >= 11 is 0. The van der Waals surface area contributed by atoms with Gasteiger partial charge in [0.15, 0.2) is 0 Å². The molecule has 0 heterocycles. The summed E-state index contributed by atoms with van der Waals surface area (Å²) in [4.78, 5) is 11.8. The van der Waals surface area contributed by atoms with Gasteiger partial charge in [-0.2, -0.15) is 0 Å². The van der Waals surface area contributed by atoms with Crippen LogP contribution in [0.15, 0.2) is 0 Å². The lowest BCUT2D eigenvalue weighted by atomic mass is 9.91.